The highest BCUT2D eigenvalue weighted by Gasteiger charge is 2.17. The molecule has 0 saturated heterocycles. The van der Waals surface area contributed by atoms with Crippen molar-refractivity contribution in [3.05, 3.63) is 29.3 Å². The fourth-order valence-electron chi connectivity index (χ4n) is 2.14. The molecule has 0 fully saturated rings. The maximum absolute atomic E-state index is 2.53. The zero-order valence-electron chi connectivity index (χ0n) is 9.21. The molecule has 0 spiro atoms. The average Bonchev–Trinajstić information content (AvgIpc) is 2.57. The van der Waals surface area contributed by atoms with Gasteiger partial charge in [-0.05, 0) is 37.0 Å². The third-order valence-electron chi connectivity index (χ3n) is 3.01. The Balaban J connectivity index is 2.16. The fraction of sp³-hybridized carbons (Fsp3) is 0.538. The van der Waals surface area contributed by atoms with Gasteiger partial charge < -0.3 is 4.90 Å². The van der Waals surface area contributed by atoms with Crippen LogP contribution in [-0.4, -0.2) is 13.1 Å². The summed E-state index contributed by atoms with van der Waals surface area (Å²) in [5, 5.41) is 0. The maximum Gasteiger partial charge on any atom is 0.0402 e. The number of unbranched alkanes of at least 4 members (excludes halogenated alkanes) is 1. The molecule has 1 aliphatic rings. The topological polar surface area (TPSA) is 3.24 Å². The van der Waals surface area contributed by atoms with Crippen LogP contribution < -0.4 is 4.90 Å². The summed E-state index contributed by atoms with van der Waals surface area (Å²) < 4.78 is 0. The van der Waals surface area contributed by atoms with Crippen molar-refractivity contribution in [2.75, 3.05) is 18.0 Å². The monoisotopic (exact) mass is 189 g/mol. The molecule has 0 aromatic heterocycles. The Bertz CT molecular complexity index is 317. The minimum Gasteiger partial charge on any atom is -0.371 e. The van der Waals surface area contributed by atoms with Crippen LogP contribution in [0.5, 0.6) is 0 Å². The lowest BCUT2D eigenvalue weighted by atomic mass is 10.1. The third kappa shape index (κ3) is 1.77. The van der Waals surface area contributed by atoms with Crippen LogP contribution in [-0.2, 0) is 6.42 Å². The fourth-order valence-corrected chi connectivity index (χ4v) is 2.14. The molecule has 14 heavy (non-hydrogen) atoms. The minimum atomic E-state index is 1.22. The lowest BCUT2D eigenvalue weighted by Gasteiger charge is -2.19. The van der Waals surface area contributed by atoms with Crippen molar-refractivity contribution in [3.63, 3.8) is 0 Å². The van der Waals surface area contributed by atoms with Gasteiger partial charge in [0.25, 0.3) is 0 Å². The van der Waals surface area contributed by atoms with Crippen molar-refractivity contribution in [2.45, 2.75) is 33.1 Å². The van der Waals surface area contributed by atoms with E-state index in [9.17, 15) is 0 Å². The predicted molar refractivity (Wildman–Crippen MR) is 62.0 cm³/mol. The van der Waals surface area contributed by atoms with Crippen molar-refractivity contribution in [2.24, 2.45) is 0 Å². The van der Waals surface area contributed by atoms with Gasteiger partial charge in [-0.15, -0.1) is 0 Å². The van der Waals surface area contributed by atoms with Crippen molar-refractivity contribution in [1.29, 1.82) is 0 Å². The zero-order valence-corrected chi connectivity index (χ0v) is 9.21. The largest absolute Gasteiger partial charge is 0.371 e. The average molecular weight is 189 g/mol. The van der Waals surface area contributed by atoms with Crippen LogP contribution in [0.25, 0.3) is 0 Å². The van der Waals surface area contributed by atoms with E-state index < -0.39 is 0 Å². The molecule has 0 N–H and O–H groups in total. The van der Waals surface area contributed by atoms with E-state index in [1.807, 2.05) is 0 Å². The van der Waals surface area contributed by atoms with Gasteiger partial charge >= 0.3 is 0 Å². The van der Waals surface area contributed by atoms with E-state index in [2.05, 4.69) is 36.9 Å². The highest BCUT2D eigenvalue weighted by molar-refractivity contribution is 5.59. The van der Waals surface area contributed by atoms with Gasteiger partial charge in [0.15, 0.2) is 0 Å². The number of benzene rings is 1. The van der Waals surface area contributed by atoms with E-state index in [4.69, 9.17) is 0 Å². The van der Waals surface area contributed by atoms with Gasteiger partial charge in [-0.1, -0.05) is 25.5 Å². The molecular weight excluding hydrogens is 170 g/mol. The Kier molecular flexibility index (Phi) is 2.76. The van der Waals surface area contributed by atoms with E-state index in [1.165, 1.54) is 49.2 Å². The number of rotatable bonds is 3. The highest BCUT2D eigenvalue weighted by Crippen LogP contribution is 2.28. The van der Waals surface area contributed by atoms with Crippen LogP contribution in [0, 0.1) is 6.92 Å². The lowest BCUT2D eigenvalue weighted by Crippen LogP contribution is -2.21. The van der Waals surface area contributed by atoms with Gasteiger partial charge in [0.1, 0.15) is 0 Å². The lowest BCUT2D eigenvalue weighted by molar-refractivity contribution is 0.736. The molecule has 0 bridgehead atoms. The van der Waals surface area contributed by atoms with Crippen molar-refractivity contribution in [1.82, 2.24) is 0 Å². The van der Waals surface area contributed by atoms with E-state index >= 15 is 0 Å². The molecule has 0 radical (unpaired) electrons. The first-order valence-corrected chi connectivity index (χ1v) is 5.65. The molecule has 0 amide bonds. The third-order valence-corrected chi connectivity index (χ3v) is 3.01. The smallest absolute Gasteiger partial charge is 0.0402 e. The Morgan fingerprint density at radius 3 is 3.00 bits per heavy atom. The molecule has 0 atom stereocenters. The molecule has 1 heteroatoms. The summed E-state index contributed by atoms with van der Waals surface area (Å²) in [5.41, 5.74) is 4.40. The second kappa shape index (κ2) is 4.04. The van der Waals surface area contributed by atoms with Crippen LogP contribution in [0.3, 0.4) is 0 Å². The van der Waals surface area contributed by atoms with E-state index in [-0.39, 0.29) is 0 Å². The molecule has 1 nitrogen and oxygen atoms in total. The van der Waals surface area contributed by atoms with Crippen LogP contribution in [0.4, 0.5) is 5.69 Å². The van der Waals surface area contributed by atoms with Gasteiger partial charge in [-0.25, -0.2) is 0 Å². The van der Waals surface area contributed by atoms with E-state index in [0.717, 1.165) is 0 Å². The molecule has 1 aliphatic heterocycles. The quantitative estimate of drug-likeness (QED) is 0.706. The first-order chi connectivity index (χ1) is 6.81. The molecule has 0 saturated carbocycles. The SMILES string of the molecule is CCCCN1CCc2ccc(C)cc21. The Hall–Kier alpha value is -0.980. The molecule has 1 aromatic rings. The molecule has 1 heterocycles. The summed E-state index contributed by atoms with van der Waals surface area (Å²) in [4.78, 5) is 2.53. The minimum absolute atomic E-state index is 1.22. The Morgan fingerprint density at radius 2 is 2.21 bits per heavy atom. The van der Waals surface area contributed by atoms with Gasteiger partial charge in [-0.2, -0.15) is 0 Å². The second-order valence-electron chi connectivity index (χ2n) is 4.22. The highest BCUT2D eigenvalue weighted by atomic mass is 15.1. The second-order valence-corrected chi connectivity index (χ2v) is 4.22. The van der Waals surface area contributed by atoms with Crippen molar-refractivity contribution >= 4 is 5.69 Å². The molecule has 76 valence electrons. The number of aryl methyl sites for hydroxylation is 1. The van der Waals surface area contributed by atoms with Gasteiger partial charge in [-0.3, -0.25) is 0 Å². The first-order valence-electron chi connectivity index (χ1n) is 5.65. The summed E-state index contributed by atoms with van der Waals surface area (Å²) in [6.45, 7) is 6.88. The van der Waals surface area contributed by atoms with E-state index in [1.54, 1.807) is 0 Å². The molecular formula is C13H19N. The summed E-state index contributed by atoms with van der Waals surface area (Å²) in [7, 11) is 0. The van der Waals surface area contributed by atoms with Gasteiger partial charge in [0, 0.05) is 18.8 Å². The first kappa shape index (κ1) is 9.57. The Labute approximate surface area is 86.7 Å². The number of fused-ring (bicyclic) bond motifs is 1. The number of anilines is 1. The normalized spacial score (nSPS) is 14.6. The van der Waals surface area contributed by atoms with Crippen LogP contribution in [0.15, 0.2) is 18.2 Å². The van der Waals surface area contributed by atoms with Crippen molar-refractivity contribution in [3.8, 4) is 0 Å². The standard InChI is InChI=1S/C13H19N/c1-3-4-8-14-9-7-12-6-5-11(2)10-13(12)14/h5-6,10H,3-4,7-9H2,1-2H3. The summed E-state index contributed by atoms with van der Waals surface area (Å²) in [6, 6.07) is 6.84. The number of hydrogen-bond acceptors (Lipinski definition) is 1. The molecule has 0 aliphatic carbocycles. The van der Waals surface area contributed by atoms with E-state index in [0.29, 0.717) is 0 Å². The predicted octanol–water partition coefficient (Wildman–Crippen LogP) is 3.16. The summed E-state index contributed by atoms with van der Waals surface area (Å²) >= 11 is 0. The van der Waals surface area contributed by atoms with Crippen molar-refractivity contribution < 1.29 is 0 Å². The van der Waals surface area contributed by atoms with Gasteiger partial charge in [0.05, 0.1) is 0 Å². The summed E-state index contributed by atoms with van der Waals surface area (Å²) in [5.74, 6) is 0. The number of hydrogen-bond donors (Lipinski definition) is 0. The van der Waals surface area contributed by atoms with Crippen LogP contribution >= 0.6 is 0 Å². The maximum atomic E-state index is 2.53. The molecule has 1 aromatic carbocycles. The van der Waals surface area contributed by atoms with Gasteiger partial charge in [0.2, 0.25) is 0 Å². The molecule has 2 rings (SSSR count). The number of nitrogens with zero attached hydrogens (tertiary/aromatic N) is 1. The zero-order chi connectivity index (χ0) is 9.97. The summed E-state index contributed by atoms with van der Waals surface area (Å²) in [6.07, 6.45) is 3.84. The Morgan fingerprint density at radius 1 is 1.36 bits per heavy atom. The van der Waals surface area contributed by atoms with Crippen LogP contribution in [0.2, 0.25) is 0 Å². The molecule has 0 unspecified atom stereocenters. The van der Waals surface area contributed by atoms with Crippen LogP contribution in [0.1, 0.15) is 30.9 Å².